The van der Waals surface area contributed by atoms with E-state index < -0.39 is 18.0 Å². The van der Waals surface area contributed by atoms with Crippen molar-refractivity contribution in [2.75, 3.05) is 5.32 Å². The second-order valence-corrected chi connectivity index (χ2v) is 6.67. The molecule has 7 heteroatoms. The molecule has 136 valence electrons. The van der Waals surface area contributed by atoms with Crippen LogP contribution in [0.1, 0.15) is 40.1 Å². The first-order valence-corrected chi connectivity index (χ1v) is 8.60. The van der Waals surface area contributed by atoms with Gasteiger partial charge in [0, 0.05) is 11.3 Å². The number of hydrogen-bond donors (Lipinski definition) is 2. The fourth-order valence-electron chi connectivity index (χ4n) is 2.20. The maximum Gasteiger partial charge on any atom is 0.342 e. The Morgan fingerprint density at radius 3 is 2.35 bits per heavy atom. The van der Waals surface area contributed by atoms with E-state index in [2.05, 4.69) is 21.2 Å². The van der Waals surface area contributed by atoms with Crippen LogP contribution in [-0.4, -0.2) is 28.9 Å². The number of carbonyl (C=O) groups excluding carboxylic acids is 3. The number of aryl methyl sites for hydroxylation is 1. The second kappa shape index (κ2) is 8.14. The van der Waals surface area contributed by atoms with Gasteiger partial charge in [-0.3, -0.25) is 9.59 Å². The number of esters is 1. The van der Waals surface area contributed by atoms with Crippen molar-refractivity contribution in [1.82, 2.24) is 0 Å². The third-order valence-electron chi connectivity index (χ3n) is 3.64. The number of benzene rings is 2. The molecule has 0 bridgehead atoms. The smallest absolute Gasteiger partial charge is 0.342 e. The predicted octanol–water partition coefficient (Wildman–Crippen LogP) is 3.85. The van der Waals surface area contributed by atoms with Crippen molar-refractivity contribution < 1.29 is 24.2 Å². The Labute approximate surface area is 159 Å². The molecule has 6 nitrogen and oxygen atoms in total. The Morgan fingerprint density at radius 1 is 1.15 bits per heavy atom. The van der Waals surface area contributed by atoms with Gasteiger partial charge in [-0.25, -0.2) is 4.79 Å². The SMILES string of the molecule is CC(=O)c1ccc(NC(=O)C(C)OC(=O)c2cc(C)cc(Br)c2O)cc1. The maximum atomic E-state index is 12.2. The molecular weight excluding hydrogens is 402 g/mol. The number of ether oxygens (including phenoxy) is 1. The molecular formula is C19H18BrNO5. The Kier molecular flexibility index (Phi) is 6.15. The highest BCUT2D eigenvalue weighted by Crippen LogP contribution is 2.30. The van der Waals surface area contributed by atoms with Gasteiger partial charge in [0.1, 0.15) is 11.3 Å². The van der Waals surface area contributed by atoms with Gasteiger partial charge in [0.2, 0.25) is 0 Å². The summed E-state index contributed by atoms with van der Waals surface area (Å²) in [5.41, 5.74) is 1.73. The summed E-state index contributed by atoms with van der Waals surface area (Å²) in [5.74, 6) is -1.65. The number of ketones is 1. The van der Waals surface area contributed by atoms with Crippen LogP contribution in [0.4, 0.5) is 5.69 Å². The number of phenols is 1. The number of carbonyl (C=O) groups is 3. The van der Waals surface area contributed by atoms with Crippen molar-refractivity contribution in [3.8, 4) is 5.75 Å². The third-order valence-corrected chi connectivity index (χ3v) is 4.24. The molecule has 0 aliphatic carbocycles. The number of phenolic OH excluding ortho intramolecular Hbond substituents is 1. The number of nitrogens with one attached hydrogen (secondary N) is 1. The molecule has 1 amide bonds. The predicted molar refractivity (Wildman–Crippen MR) is 100 cm³/mol. The maximum absolute atomic E-state index is 12.2. The van der Waals surface area contributed by atoms with Crippen molar-refractivity contribution >= 4 is 39.3 Å². The van der Waals surface area contributed by atoms with Crippen LogP contribution < -0.4 is 5.32 Å². The van der Waals surface area contributed by atoms with Gasteiger partial charge in [-0.05, 0) is 78.7 Å². The van der Waals surface area contributed by atoms with E-state index in [9.17, 15) is 19.5 Å². The van der Waals surface area contributed by atoms with Crippen molar-refractivity contribution in [1.29, 1.82) is 0 Å². The van der Waals surface area contributed by atoms with E-state index in [1.54, 1.807) is 37.3 Å². The minimum atomic E-state index is -1.08. The van der Waals surface area contributed by atoms with Crippen LogP contribution in [-0.2, 0) is 9.53 Å². The van der Waals surface area contributed by atoms with Crippen molar-refractivity contribution in [3.63, 3.8) is 0 Å². The fourth-order valence-corrected chi connectivity index (χ4v) is 2.77. The molecule has 0 aliphatic heterocycles. The zero-order valence-electron chi connectivity index (χ0n) is 14.5. The van der Waals surface area contributed by atoms with Gasteiger partial charge in [0.05, 0.1) is 4.47 Å². The highest BCUT2D eigenvalue weighted by Gasteiger charge is 2.22. The van der Waals surface area contributed by atoms with Crippen LogP contribution >= 0.6 is 15.9 Å². The van der Waals surface area contributed by atoms with Crippen LogP contribution in [0, 0.1) is 6.92 Å². The molecule has 0 saturated heterocycles. The average molecular weight is 420 g/mol. The molecule has 1 atom stereocenters. The molecule has 0 heterocycles. The first-order valence-electron chi connectivity index (χ1n) is 7.81. The number of halogens is 1. The largest absolute Gasteiger partial charge is 0.506 e. The lowest BCUT2D eigenvalue weighted by Gasteiger charge is -2.15. The topological polar surface area (TPSA) is 92.7 Å². The standard InChI is InChI=1S/C19H18BrNO5/c1-10-8-15(17(23)16(20)9-10)19(25)26-12(3)18(24)21-14-6-4-13(5-7-14)11(2)22/h4-9,12,23H,1-3H3,(H,21,24). The van der Waals surface area contributed by atoms with Gasteiger partial charge in [0.25, 0.3) is 5.91 Å². The number of anilines is 1. The first kappa shape index (κ1) is 19.7. The van der Waals surface area contributed by atoms with Crippen LogP contribution in [0.25, 0.3) is 0 Å². The number of aromatic hydroxyl groups is 1. The average Bonchev–Trinajstić information content (AvgIpc) is 2.58. The van der Waals surface area contributed by atoms with E-state index >= 15 is 0 Å². The first-order chi connectivity index (χ1) is 12.2. The van der Waals surface area contributed by atoms with Gasteiger partial charge in [-0.1, -0.05) is 0 Å². The van der Waals surface area contributed by atoms with E-state index in [4.69, 9.17) is 4.74 Å². The highest BCUT2D eigenvalue weighted by molar-refractivity contribution is 9.10. The summed E-state index contributed by atoms with van der Waals surface area (Å²) in [5, 5.41) is 12.6. The number of rotatable bonds is 5. The van der Waals surface area contributed by atoms with E-state index in [-0.39, 0.29) is 17.1 Å². The van der Waals surface area contributed by atoms with Crippen LogP contribution in [0.3, 0.4) is 0 Å². The van der Waals surface area contributed by atoms with Crippen LogP contribution in [0.5, 0.6) is 5.75 Å². The number of Topliss-reactive ketones (excluding diaryl/α,β-unsaturated/α-hetero) is 1. The Balaban J connectivity index is 2.04. The molecule has 0 saturated carbocycles. The number of amides is 1. The zero-order valence-corrected chi connectivity index (χ0v) is 16.1. The summed E-state index contributed by atoms with van der Waals surface area (Å²) in [6.07, 6.45) is -1.08. The molecule has 0 aromatic heterocycles. The summed E-state index contributed by atoms with van der Waals surface area (Å²) in [7, 11) is 0. The van der Waals surface area contributed by atoms with Crippen molar-refractivity contribution in [2.24, 2.45) is 0 Å². The van der Waals surface area contributed by atoms with Gasteiger partial charge in [-0.15, -0.1) is 0 Å². The van der Waals surface area contributed by atoms with Crippen molar-refractivity contribution in [2.45, 2.75) is 26.9 Å². The molecule has 0 aliphatic rings. The molecule has 1 unspecified atom stereocenters. The lowest BCUT2D eigenvalue weighted by Crippen LogP contribution is -2.30. The lowest BCUT2D eigenvalue weighted by molar-refractivity contribution is -0.123. The Hall–Kier alpha value is -2.67. The molecule has 0 fully saturated rings. The third kappa shape index (κ3) is 4.70. The van der Waals surface area contributed by atoms with E-state index in [1.807, 2.05) is 0 Å². The van der Waals surface area contributed by atoms with Gasteiger partial charge in [-0.2, -0.15) is 0 Å². The highest BCUT2D eigenvalue weighted by atomic mass is 79.9. The molecule has 2 rings (SSSR count). The van der Waals surface area contributed by atoms with Crippen LogP contribution in [0.2, 0.25) is 0 Å². The van der Waals surface area contributed by atoms with Crippen molar-refractivity contribution in [3.05, 3.63) is 57.6 Å². The molecule has 2 aromatic carbocycles. The summed E-state index contributed by atoms with van der Waals surface area (Å²) in [6.45, 7) is 4.65. The molecule has 2 aromatic rings. The summed E-state index contributed by atoms with van der Waals surface area (Å²) >= 11 is 3.16. The fraction of sp³-hybridized carbons (Fsp3) is 0.211. The summed E-state index contributed by atoms with van der Waals surface area (Å²) in [4.78, 5) is 35.7. The molecule has 26 heavy (non-hydrogen) atoms. The Morgan fingerprint density at radius 2 is 1.77 bits per heavy atom. The summed E-state index contributed by atoms with van der Waals surface area (Å²) < 4.78 is 5.50. The lowest BCUT2D eigenvalue weighted by atomic mass is 10.1. The Bertz CT molecular complexity index is 861. The van der Waals surface area contributed by atoms with Crippen LogP contribution in [0.15, 0.2) is 40.9 Å². The minimum absolute atomic E-state index is 0.0256. The molecule has 2 N–H and O–H groups in total. The molecule has 0 spiro atoms. The number of hydrogen-bond acceptors (Lipinski definition) is 5. The summed E-state index contributed by atoms with van der Waals surface area (Å²) in [6, 6.07) is 9.51. The zero-order chi connectivity index (χ0) is 19.4. The monoisotopic (exact) mass is 419 g/mol. The van der Waals surface area contributed by atoms with E-state index in [1.165, 1.54) is 19.9 Å². The molecule has 0 radical (unpaired) electrons. The normalized spacial score (nSPS) is 11.5. The van der Waals surface area contributed by atoms with Gasteiger partial charge in [0.15, 0.2) is 11.9 Å². The van der Waals surface area contributed by atoms with E-state index in [0.717, 1.165) is 5.56 Å². The van der Waals surface area contributed by atoms with Gasteiger partial charge >= 0.3 is 5.97 Å². The quantitative estimate of drug-likeness (QED) is 0.566. The minimum Gasteiger partial charge on any atom is -0.506 e. The second-order valence-electron chi connectivity index (χ2n) is 5.81. The van der Waals surface area contributed by atoms with Gasteiger partial charge < -0.3 is 15.2 Å². The van der Waals surface area contributed by atoms with E-state index in [0.29, 0.717) is 15.7 Å².